The Balaban J connectivity index is 1.68. The van der Waals surface area contributed by atoms with Gasteiger partial charge in [-0.15, -0.1) is 0 Å². The van der Waals surface area contributed by atoms with Gasteiger partial charge in [0.05, 0.1) is 24.4 Å². The van der Waals surface area contributed by atoms with Gasteiger partial charge in [0.15, 0.2) is 0 Å². The molecule has 0 spiro atoms. The van der Waals surface area contributed by atoms with Gasteiger partial charge in [-0.2, -0.15) is 5.10 Å². The molecule has 8 nitrogen and oxygen atoms in total. The lowest BCUT2D eigenvalue weighted by Gasteiger charge is -2.10. The number of aryl methyl sites for hydroxylation is 1. The Labute approximate surface area is 171 Å². The lowest BCUT2D eigenvalue weighted by molar-refractivity contribution is 0.0946. The van der Waals surface area contributed by atoms with Crippen molar-refractivity contribution in [1.29, 1.82) is 0 Å². The molecule has 0 aliphatic carbocycles. The minimum atomic E-state index is -0.702. The maximum Gasteiger partial charge on any atom is 0.266 e. The molecule has 2 aromatic heterocycles. The van der Waals surface area contributed by atoms with Crippen LogP contribution in [0.4, 0.5) is 0 Å². The number of hydrogen-bond acceptors (Lipinski definition) is 5. The number of hydrogen-bond donors (Lipinski definition) is 3. The smallest absolute Gasteiger partial charge is 0.266 e. The summed E-state index contributed by atoms with van der Waals surface area (Å²) in [4.78, 5) is 28.0. The highest BCUT2D eigenvalue weighted by atomic mass is 16.5. The second kappa shape index (κ2) is 7.75. The van der Waals surface area contributed by atoms with E-state index in [4.69, 9.17) is 4.74 Å². The zero-order valence-corrected chi connectivity index (χ0v) is 16.5. The van der Waals surface area contributed by atoms with Crippen LogP contribution in [0.3, 0.4) is 0 Å². The average Bonchev–Trinajstić information content (AvgIpc) is 3.16. The maximum atomic E-state index is 12.7. The van der Waals surface area contributed by atoms with Gasteiger partial charge >= 0.3 is 0 Å². The molecule has 8 heteroatoms. The number of benzene rings is 2. The Hall–Kier alpha value is -4.07. The first kappa shape index (κ1) is 19.3. The fourth-order valence-corrected chi connectivity index (χ4v) is 3.33. The van der Waals surface area contributed by atoms with Gasteiger partial charge in [-0.3, -0.25) is 9.59 Å². The summed E-state index contributed by atoms with van der Waals surface area (Å²) in [6.07, 6.45) is 1.42. The van der Waals surface area contributed by atoms with Crippen LogP contribution in [0.1, 0.15) is 21.5 Å². The minimum Gasteiger partial charge on any atom is -0.506 e. The standard InChI is InChI=1S/C22H20N4O4/c1-13-6-5-8-15(10-13)26-20-16(12-24-26)19(27)18(22(29)25-20)21(28)23-11-14-7-3-4-9-17(14)30-2/h3-10,12H,11H2,1-2H3,(H,23,28)(H2,25,27,29). The van der Waals surface area contributed by atoms with Gasteiger partial charge < -0.3 is 20.1 Å². The molecule has 0 bridgehead atoms. The SMILES string of the molecule is COc1ccccc1CNC(=O)c1c(O)c2cnn(-c3cccc(C)c3)c2[nH]c1=O. The number of methoxy groups -OCH3 is 1. The Bertz CT molecular complexity index is 1310. The van der Waals surface area contributed by atoms with E-state index in [1.807, 2.05) is 43.3 Å². The predicted octanol–water partition coefficient (Wildman–Crippen LogP) is 2.67. The minimum absolute atomic E-state index is 0.141. The van der Waals surface area contributed by atoms with E-state index in [2.05, 4.69) is 15.4 Å². The number of carbonyl (C=O) groups excluding carboxylic acids is 1. The van der Waals surface area contributed by atoms with Crippen LogP contribution < -0.4 is 15.6 Å². The quantitative estimate of drug-likeness (QED) is 0.474. The number of aromatic hydroxyl groups is 1. The molecule has 0 aliphatic heterocycles. The Morgan fingerprint density at radius 2 is 2.03 bits per heavy atom. The van der Waals surface area contributed by atoms with Crippen molar-refractivity contribution in [2.24, 2.45) is 0 Å². The van der Waals surface area contributed by atoms with Gasteiger partial charge in [0.25, 0.3) is 11.5 Å². The number of aromatic amines is 1. The lowest BCUT2D eigenvalue weighted by atomic mass is 10.1. The van der Waals surface area contributed by atoms with Crippen molar-refractivity contribution in [3.63, 3.8) is 0 Å². The van der Waals surface area contributed by atoms with Crippen molar-refractivity contribution in [2.75, 3.05) is 7.11 Å². The number of ether oxygens (including phenoxy) is 1. The van der Waals surface area contributed by atoms with Gasteiger partial charge in [0.1, 0.15) is 22.7 Å². The molecule has 4 aromatic rings. The molecule has 2 heterocycles. The number of rotatable bonds is 5. The van der Waals surface area contributed by atoms with Crippen LogP contribution in [-0.2, 0) is 6.54 Å². The van der Waals surface area contributed by atoms with Crippen molar-refractivity contribution in [2.45, 2.75) is 13.5 Å². The molecule has 152 valence electrons. The van der Waals surface area contributed by atoms with Crippen molar-refractivity contribution in [1.82, 2.24) is 20.1 Å². The molecule has 0 radical (unpaired) electrons. The topological polar surface area (TPSA) is 109 Å². The van der Waals surface area contributed by atoms with Gasteiger partial charge in [-0.25, -0.2) is 4.68 Å². The molecule has 1 amide bonds. The molecule has 0 unspecified atom stereocenters. The third kappa shape index (κ3) is 3.39. The first-order chi connectivity index (χ1) is 14.5. The number of amides is 1. The molecule has 0 saturated carbocycles. The number of nitrogens with one attached hydrogen (secondary N) is 2. The number of pyridine rings is 1. The number of aromatic nitrogens is 3. The first-order valence-electron chi connectivity index (χ1n) is 9.29. The first-order valence-corrected chi connectivity index (χ1v) is 9.29. The third-order valence-corrected chi connectivity index (χ3v) is 4.83. The molecule has 4 rings (SSSR count). The van der Waals surface area contributed by atoms with Crippen molar-refractivity contribution in [3.05, 3.63) is 81.8 Å². The van der Waals surface area contributed by atoms with E-state index < -0.39 is 17.2 Å². The van der Waals surface area contributed by atoms with E-state index in [-0.39, 0.29) is 17.5 Å². The number of carbonyl (C=O) groups is 1. The molecule has 0 saturated heterocycles. The monoisotopic (exact) mass is 404 g/mol. The molecule has 30 heavy (non-hydrogen) atoms. The average molecular weight is 404 g/mol. The molecule has 0 aliphatic rings. The van der Waals surface area contributed by atoms with E-state index in [0.717, 1.165) is 16.8 Å². The summed E-state index contributed by atoms with van der Waals surface area (Å²) in [6.45, 7) is 2.09. The summed E-state index contributed by atoms with van der Waals surface area (Å²) in [5.74, 6) is -0.485. The van der Waals surface area contributed by atoms with Crippen LogP contribution in [0.15, 0.2) is 59.5 Å². The van der Waals surface area contributed by atoms with Gasteiger partial charge in [-0.1, -0.05) is 30.3 Å². The van der Waals surface area contributed by atoms with Crippen LogP contribution in [0.25, 0.3) is 16.7 Å². The second-order valence-corrected chi connectivity index (χ2v) is 6.83. The lowest BCUT2D eigenvalue weighted by Crippen LogP contribution is -2.29. The number of H-pyrrole nitrogens is 1. The molecule has 0 atom stereocenters. The maximum absolute atomic E-state index is 12.7. The van der Waals surface area contributed by atoms with E-state index in [1.54, 1.807) is 12.1 Å². The van der Waals surface area contributed by atoms with E-state index in [1.165, 1.54) is 18.0 Å². The predicted molar refractivity (Wildman–Crippen MR) is 112 cm³/mol. The number of fused-ring (bicyclic) bond motifs is 1. The van der Waals surface area contributed by atoms with Gasteiger partial charge in [0.2, 0.25) is 0 Å². The Morgan fingerprint density at radius 3 is 2.80 bits per heavy atom. The fraction of sp³-hybridized carbons (Fsp3) is 0.136. The Kier molecular flexibility index (Phi) is 4.97. The number of nitrogens with zero attached hydrogens (tertiary/aromatic N) is 2. The summed E-state index contributed by atoms with van der Waals surface area (Å²) in [7, 11) is 1.54. The highest BCUT2D eigenvalue weighted by molar-refractivity contribution is 6.01. The molecule has 3 N–H and O–H groups in total. The van der Waals surface area contributed by atoms with E-state index in [0.29, 0.717) is 11.4 Å². The van der Waals surface area contributed by atoms with Gasteiger partial charge in [0, 0.05) is 12.1 Å². The largest absolute Gasteiger partial charge is 0.506 e. The zero-order chi connectivity index (χ0) is 21.3. The molecular weight excluding hydrogens is 384 g/mol. The molecule has 2 aromatic carbocycles. The Morgan fingerprint density at radius 1 is 1.23 bits per heavy atom. The van der Waals surface area contributed by atoms with Crippen LogP contribution in [0.2, 0.25) is 0 Å². The van der Waals surface area contributed by atoms with Crippen LogP contribution in [0.5, 0.6) is 11.5 Å². The third-order valence-electron chi connectivity index (χ3n) is 4.83. The second-order valence-electron chi connectivity index (χ2n) is 6.83. The van der Waals surface area contributed by atoms with Crippen molar-refractivity contribution in [3.8, 4) is 17.2 Å². The normalized spacial score (nSPS) is 10.9. The van der Waals surface area contributed by atoms with Crippen molar-refractivity contribution >= 4 is 16.9 Å². The summed E-state index contributed by atoms with van der Waals surface area (Å²) >= 11 is 0. The number of para-hydroxylation sites is 1. The molecular formula is C22H20N4O4. The summed E-state index contributed by atoms with van der Waals surface area (Å²) in [5.41, 5.74) is 1.75. The van der Waals surface area contributed by atoms with Crippen LogP contribution in [-0.4, -0.2) is 32.9 Å². The molecule has 0 fully saturated rings. The van der Waals surface area contributed by atoms with E-state index in [9.17, 15) is 14.7 Å². The van der Waals surface area contributed by atoms with E-state index >= 15 is 0 Å². The fourth-order valence-electron chi connectivity index (χ4n) is 3.33. The highest BCUT2D eigenvalue weighted by Gasteiger charge is 2.22. The summed E-state index contributed by atoms with van der Waals surface area (Å²) in [5, 5.41) is 17.9. The van der Waals surface area contributed by atoms with Crippen LogP contribution >= 0.6 is 0 Å². The zero-order valence-electron chi connectivity index (χ0n) is 16.5. The van der Waals surface area contributed by atoms with Crippen molar-refractivity contribution < 1.29 is 14.6 Å². The summed E-state index contributed by atoms with van der Waals surface area (Å²) < 4.78 is 6.78. The van der Waals surface area contributed by atoms with Gasteiger partial charge in [-0.05, 0) is 30.7 Å². The van der Waals surface area contributed by atoms with Crippen LogP contribution in [0, 0.1) is 6.92 Å². The summed E-state index contributed by atoms with van der Waals surface area (Å²) in [6, 6.07) is 14.8. The highest BCUT2D eigenvalue weighted by Crippen LogP contribution is 2.26.